The third-order valence-electron chi connectivity index (χ3n) is 2.60. The van der Waals surface area contributed by atoms with Crippen LogP contribution in [-0.2, 0) is 13.2 Å². The zero-order valence-electron chi connectivity index (χ0n) is 10.2. The average molecular weight is 348 g/mol. The van der Waals surface area contributed by atoms with Gasteiger partial charge >= 0.3 is 6.18 Å². The molecule has 0 fully saturated rings. The molecule has 0 unspecified atom stereocenters. The van der Waals surface area contributed by atoms with Crippen LogP contribution >= 0.6 is 15.9 Å². The van der Waals surface area contributed by atoms with Gasteiger partial charge in [-0.25, -0.2) is 0 Å². The second-order valence-electron chi connectivity index (χ2n) is 3.99. The van der Waals surface area contributed by atoms with E-state index in [4.69, 9.17) is 0 Å². The first-order chi connectivity index (χ1) is 9.29. The van der Waals surface area contributed by atoms with Crippen LogP contribution in [0.25, 0.3) is 0 Å². The number of halogens is 4. The molecule has 1 N–H and O–H groups in total. The summed E-state index contributed by atoms with van der Waals surface area (Å²) in [5.41, 5.74) is -0.975. The highest BCUT2D eigenvalue weighted by Gasteiger charge is 2.31. The van der Waals surface area contributed by atoms with E-state index in [1.54, 1.807) is 13.1 Å². The number of nitrogens with one attached hydrogen (secondary N) is 1. The normalized spacial score (nSPS) is 11.4. The van der Waals surface area contributed by atoms with Crippen molar-refractivity contribution in [2.24, 2.45) is 7.05 Å². The van der Waals surface area contributed by atoms with Crippen molar-refractivity contribution in [3.05, 3.63) is 46.1 Å². The van der Waals surface area contributed by atoms with Crippen LogP contribution in [0.4, 0.5) is 19.0 Å². The van der Waals surface area contributed by atoms with Crippen molar-refractivity contribution in [3.63, 3.8) is 0 Å². The summed E-state index contributed by atoms with van der Waals surface area (Å²) in [4.78, 5) is 12.0. The molecule has 1 heterocycles. The van der Waals surface area contributed by atoms with E-state index in [0.29, 0.717) is 5.82 Å². The molecule has 0 aliphatic heterocycles. The largest absolute Gasteiger partial charge is 0.416 e. The number of carbonyl (C=O) groups excluding carboxylic acids is 1. The Labute approximate surface area is 120 Å². The molecule has 8 heteroatoms. The summed E-state index contributed by atoms with van der Waals surface area (Å²) >= 11 is 3.07. The van der Waals surface area contributed by atoms with Gasteiger partial charge in [0.15, 0.2) is 0 Å². The molecular weight excluding hydrogens is 339 g/mol. The van der Waals surface area contributed by atoms with Gasteiger partial charge in [0.1, 0.15) is 5.82 Å². The van der Waals surface area contributed by atoms with Crippen molar-refractivity contribution in [1.82, 2.24) is 9.78 Å². The number of amides is 1. The molecule has 1 aromatic heterocycles. The van der Waals surface area contributed by atoms with Gasteiger partial charge in [-0.15, -0.1) is 0 Å². The lowest BCUT2D eigenvalue weighted by Gasteiger charge is -2.11. The number of carbonyl (C=O) groups is 1. The predicted octanol–water partition coefficient (Wildman–Crippen LogP) is 3.45. The first-order valence-corrected chi connectivity index (χ1v) is 6.24. The molecule has 0 radical (unpaired) electrons. The van der Waals surface area contributed by atoms with E-state index in [9.17, 15) is 18.0 Å². The minimum Gasteiger partial charge on any atom is -0.307 e. The van der Waals surface area contributed by atoms with Crippen molar-refractivity contribution < 1.29 is 18.0 Å². The highest BCUT2D eigenvalue weighted by Crippen LogP contribution is 2.32. The van der Waals surface area contributed by atoms with Crippen LogP contribution in [0.1, 0.15) is 15.9 Å². The Morgan fingerprint density at radius 1 is 1.35 bits per heavy atom. The Balaban J connectivity index is 2.32. The zero-order chi connectivity index (χ0) is 14.9. The number of anilines is 1. The average Bonchev–Trinajstić information content (AvgIpc) is 2.74. The lowest BCUT2D eigenvalue weighted by molar-refractivity contribution is -0.137. The third-order valence-corrected chi connectivity index (χ3v) is 3.29. The summed E-state index contributed by atoms with van der Waals surface area (Å²) in [5, 5.41) is 6.34. The highest BCUT2D eigenvalue weighted by molar-refractivity contribution is 9.10. The summed E-state index contributed by atoms with van der Waals surface area (Å²) in [6, 6.07) is 4.45. The molecule has 4 nitrogen and oxygen atoms in total. The van der Waals surface area contributed by atoms with Crippen LogP contribution < -0.4 is 5.32 Å². The van der Waals surface area contributed by atoms with E-state index in [0.717, 1.165) is 12.1 Å². The van der Waals surface area contributed by atoms with E-state index < -0.39 is 17.6 Å². The minimum atomic E-state index is -4.50. The van der Waals surface area contributed by atoms with Crippen LogP contribution in [-0.4, -0.2) is 15.7 Å². The molecule has 2 rings (SSSR count). The molecule has 2 aromatic rings. The van der Waals surface area contributed by atoms with Gasteiger partial charge in [-0.2, -0.15) is 18.3 Å². The lowest BCUT2D eigenvalue weighted by atomic mass is 10.1. The SMILES string of the molecule is Cn1nccc1NC(=O)c1cc(C(F)(F)F)ccc1Br. The van der Waals surface area contributed by atoms with E-state index in [1.807, 2.05) is 0 Å². The Hall–Kier alpha value is -1.83. The smallest absolute Gasteiger partial charge is 0.307 e. The fraction of sp³-hybridized carbons (Fsp3) is 0.167. The van der Waals surface area contributed by atoms with Crippen molar-refractivity contribution in [2.75, 3.05) is 5.32 Å². The molecule has 0 bridgehead atoms. The first kappa shape index (κ1) is 14.6. The molecule has 0 aliphatic carbocycles. The number of nitrogens with zero attached hydrogens (tertiary/aromatic N) is 2. The number of benzene rings is 1. The van der Waals surface area contributed by atoms with Gasteiger partial charge in [0.2, 0.25) is 0 Å². The van der Waals surface area contributed by atoms with Crippen LogP contribution in [0.2, 0.25) is 0 Å². The van der Waals surface area contributed by atoms with Gasteiger partial charge in [-0.3, -0.25) is 9.48 Å². The fourth-order valence-electron chi connectivity index (χ4n) is 1.56. The summed E-state index contributed by atoms with van der Waals surface area (Å²) in [7, 11) is 1.61. The monoisotopic (exact) mass is 347 g/mol. The Morgan fingerprint density at radius 3 is 2.60 bits per heavy atom. The number of hydrogen-bond acceptors (Lipinski definition) is 2. The van der Waals surface area contributed by atoms with Crippen LogP contribution in [0.15, 0.2) is 34.9 Å². The van der Waals surface area contributed by atoms with Crippen molar-refractivity contribution in [2.45, 2.75) is 6.18 Å². The summed E-state index contributed by atoms with van der Waals surface area (Å²) < 4.78 is 39.6. The topological polar surface area (TPSA) is 46.9 Å². The quantitative estimate of drug-likeness (QED) is 0.904. The Kier molecular flexibility index (Phi) is 3.85. The van der Waals surface area contributed by atoms with Crippen LogP contribution in [0.3, 0.4) is 0 Å². The maximum Gasteiger partial charge on any atom is 0.416 e. The van der Waals surface area contributed by atoms with Crippen LogP contribution in [0, 0.1) is 0 Å². The summed E-state index contributed by atoms with van der Waals surface area (Å²) in [6.07, 6.45) is -3.03. The fourth-order valence-corrected chi connectivity index (χ4v) is 1.98. The summed E-state index contributed by atoms with van der Waals surface area (Å²) in [5.74, 6) is -0.258. The third kappa shape index (κ3) is 3.01. The van der Waals surface area contributed by atoms with Crippen molar-refractivity contribution in [1.29, 1.82) is 0 Å². The second-order valence-corrected chi connectivity index (χ2v) is 4.84. The Bertz CT molecular complexity index is 652. The van der Waals surface area contributed by atoms with E-state index >= 15 is 0 Å². The molecule has 0 aliphatic rings. The number of rotatable bonds is 2. The van der Waals surface area contributed by atoms with Gasteiger partial charge in [-0.1, -0.05) is 0 Å². The van der Waals surface area contributed by atoms with Gasteiger partial charge < -0.3 is 5.32 Å². The summed E-state index contributed by atoms with van der Waals surface area (Å²) in [6.45, 7) is 0. The Morgan fingerprint density at radius 2 is 2.05 bits per heavy atom. The molecular formula is C12H9BrF3N3O. The number of hydrogen-bond donors (Lipinski definition) is 1. The first-order valence-electron chi connectivity index (χ1n) is 5.45. The maximum absolute atomic E-state index is 12.6. The van der Waals surface area contributed by atoms with Gasteiger partial charge in [0.25, 0.3) is 5.91 Å². The van der Waals surface area contributed by atoms with Crippen LogP contribution in [0.5, 0.6) is 0 Å². The molecule has 1 amide bonds. The van der Waals surface area contributed by atoms with E-state index in [1.165, 1.54) is 16.9 Å². The number of aryl methyl sites for hydroxylation is 1. The number of alkyl halides is 3. The molecule has 0 saturated heterocycles. The molecule has 106 valence electrons. The van der Waals surface area contributed by atoms with E-state index in [-0.39, 0.29) is 10.0 Å². The maximum atomic E-state index is 12.6. The van der Waals surface area contributed by atoms with Gasteiger partial charge in [0, 0.05) is 17.6 Å². The highest BCUT2D eigenvalue weighted by atomic mass is 79.9. The van der Waals surface area contributed by atoms with Gasteiger partial charge in [0.05, 0.1) is 17.3 Å². The molecule has 20 heavy (non-hydrogen) atoms. The molecule has 1 aromatic carbocycles. The minimum absolute atomic E-state index is 0.0963. The van der Waals surface area contributed by atoms with Gasteiger partial charge in [-0.05, 0) is 34.1 Å². The standard InChI is InChI=1S/C12H9BrF3N3O/c1-19-10(4-5-17-19)18-11(20)8-6-7(12(14,15)16)2-3-9(8)13/h2-6H,1H3,(H,18,20). The predicted molar refractivity (Wildman–Crippen MR) is 70.3 cm³/mol. The van der Waals surface area contributed by atoms with E-state index in [2.05, 4.69) is 26.3 Å². The van der Waals surface area contributed by atoms with Crippen molar-refractivity contribution in [3.8, 4) is 0 Å². The second kappa shape index (κ2) is 5.28. The lowest BCUT2D eigenvalue weighted by Crippen LogP contribution is -2.16. The number of aromatic nitrogens is 2. The molecule has 0 saturated carbocycles. The molecule has 0 atom stereocenters. The van der Waals surface area contributed by atoms with Crippen molar-refractivity contribution >= 4 is 27.7 Å². The molecule has 0 spiro atoms. The zero-order valence-corrected chi connectivity index (χ0v) is 11.8.